The molecule has 3 nitrogen and oxygen atoms in total. The summed E-state index contributed by atoms with van der Waals surface area (Å²) < 4.78 is 0. The molecule has 0 heterocycles. The first-order valence-corrected chi connectivity index (χ1v) is 8.06. The molecule has 1 aliphatic rings. The second kappa shape index (κ2) is 7.03. The fourth-order valence-corrected chi connectivity index (χ4v) is 2.73. The number of hydrogen-bond donors (Lipinski definition) is 1. The molecule has 1 amide bonds. The molecule has 1 aromatic carbocycles. The third-order valence-electron chi connectivity index (χ3n) is 3.88. The first-order chi connectivity index (χ1) is 10.0. The summed E-state index contributed by atoms with van der Waals surface area (Å²) in [5, 5.41) is 0. The molecular weight excluding hydrogens is 280 g/mol. The lowest BCUT2D eigenvalue weighted by Crippen LogP contribution is -2.42. The molecule has 0 bridgehead atoms. The van der Waals surface area contributed by atoms with Crippen LogP contribution in [-0.4, -0.2) is 28.4 Å². The molecule has 0 saturated heterocycles. The Hall–Kier alpha value is -1.42. The third-order valence-corrected chi connectivity index (χ3v) is 4.12. The van der Waals surface area contributed by atoms with Crippen molar-refractivity contribution in [3.63, 3.8) is 0 Å². The first-order valence-electron chi connectivity index (χ1n) is 7.65. The Bertz CT molecular complexity index is 497. The molecule has 0 aliphatic heterocycles. The maximum atomic E-state index is 12.9. The standard InChI is InChI=1S/C17H24N2OS/c1-12(2)10-11-19(14-8-9-14)17(20)15(16(18)21)13-6-4-3-5-7-13/h3-7,12,14-15H,8-11H2,1-2H3,(H2,18,21). The number of amides is 1. The van der Waals surface area contributed by atoms with Crippen LogP contribution in [0.5, 0.6) is 0 Å². The zero-order valence-corrected chi connectivity index (χ0v) is 13.6. The highest BCUT2D eigenvalue weighted by Crippen LogP contribution is 2.31. The van der Waals surface area contributed by atoms with E-state index in [1.165, 1.54) is 0 Å². The van der Waals surface area contributed by atoms with E-state index in [4.69, 9.17) is 18.0 Å². The summed E-state index contributed by atoms with van der Waals surface area (Å²) in [6, 6.07) is 10.0. The molecule has 1 atom stereocenters. The summed E-state index contributed by atoms with van der Waals surface area (Å²) in [6.45, 7) is 5.16. The number of thiocarbonyl (C=S) groups is 1. The van der Waals surface area contributed by atoms with E-state index in [0.717, 1.165) is 31.4 Å². The Labute approximate surface area is 132 Å². The van der Waals surface area contributed by atoms with Crippen molar-refractivity contribution >= 4 is 23.1 Å². The maximum Gasteiger partial charge on any atom is 0.237 e. The van der Waals surface area contributed by atoms with Gasteiger partial charge in [-0.05, 0) is 30.7 Å². The van der Waals surface area contributed by atoms with Crippen molar-refractivity contribution in [1.82, 2.24) is 4.90 Å². The molecule has 0 radical (unpaired) electrons. The van der Waals surface area contributed by atoms with Crippen LogP contribution in [0.1, 0.15) is 44.6 Å². The van der Waals surface area contributed by atoms with Crippen molar-refractivity contribution in [2.75, 3.05) is 6.54 Å². The lowest BCUT2D eigenvalue weighted by atomic mass is 9.97. The Morgan fingerprint density at radius 2 is 1.95 bits per heavy atom. The van der Waals surface area contributed by atoms with E-state index in [9.17, 15) is 4.79 Å². The zero-order valence-electron chi connectivity index (χ0n) is 12.8. The van der Waals surface area contributed by atoms with Gasteiger partial charge in [0.25, 0.3) is 0 Å². The van der Waals surface area contributed by atoms with Crippen LogP contribution in [0.25, 0.3) is 0 Å². The number of nitrogens with zero attached hydrogens (tertiary/aromatic N) is 1. The van der Waals surface area contributed by atoms with Crippen molar-refractivity contribution in [3.05, 3.63) is 35.9 Å². The quantitative estimate of drug-likeness (QED) is 0.787. The molecule has 1 aliphatic carbocycles. The summed E-state index contributed by atoms with van der Waals surface area (Å²) in [5.41, 5.74) is 6.76. The molecule has 0 spiro atoms. The average Bonchev–Trinajstić information content (AvgIpc) is 3.24. The highest BCUT2D eigenvalue weighted by molar-refractivity contribution is 7.80. The van der Waals surface area contributed by atoms with Gasteiger partial charge in [0, 0.05) is 12.6 Å². The Morgan fingerprint density at radius 3 is 2.43 bits per heavy atom. The molecule has 1 saturated carbocycles. The van der Waals surface area contributed by atoms with Crippen LogP contribution in [0, 0.1) is 5.92 Å². The van der Waals surface area contributed by atoms with E-state index in [-0.39, 0.29) is 10.9 Å². The van der Waals surface area contributed by atoms with Crippen molar-refractivity contribution in [1.29, 1.82) is 0 Å². The van der Waals surface area contributed by atoms with Crippen molar-refractivity contribution < 1.29 is 4.79 Å². The van der Waals surface area contributed by atoms with E-state index in [1.807, 2.05) is 35.2 Å². The van der Waals surface area contributed by atoms with Crippen LogP contribution in [0.3, 0.4) is 0 Å². The van der Waals surface area contributed by atoms with E-state index in [0.29, 0.717) is 12.0 Å². The van der Waals surface area contributed by atoms with Crippen molar-refractivity contribution in [2.45, 2.75) is 45.1 Å². The number of carbonyl (C=O) groups excluding carboxylic acids is 1. The minimum atomic E-state index is -0.492. The minimum Gasteiger partial charge on any atom is -0.392 e. The topological polar surface area (TPSA) is 46.3 Å². The SMILES string of the molecule is CC(C)CCN(C(=O)C(C(N)=S)c1ccccc1)C1CC1. The molecule has 21 heavy (non-hydrogen) atoms. The summed E-state index contributed by atoms with van der Waals surface area (Å²) in [5.74, 6) is 0.157. The van der Waals surface area contributed by atoms with Crippen molar-refractivity contribution in [2.24, 2.45) is 11.7 Å². The molecule has 1 fully saturated rings. The molecule has 2 rings (SSSR count). The van der Waals surface area contributed by atoms with Crippen LogP contribution in [0.2, 0.25) is 0 Å². The predicted molar refractivity (Wildman–Crippen MR) is 90.2 cm³/mol. The Balaban J connectivity index is 2.18. The number of carbonyl (C=O) groups is 1. The molecule has 114 valence electrons. The number of hydrogen-bond acceptors (Lipinski definition) is 2. The lowest BCUT2D eigenvalue weighted by molar-refractivity contribution is -0.132. The number of nitrogens with two attached hydrogens (primary N) is 1. The smallest absolute Gasteiger partial charge is 0.237 e. The molecule has 1 aromatic rings. The van der Waals surface area contributed by atoms with E-state index in [2.05, 4.69) is 13.8 Å². The largest absolute Gasteiger partial charge is 0.392 e. The van der Waals surface area contributed by atoms with Crippen LogP contribution < -0.4 is 5.73 Å². The van der Waals surface area contributed by atoms with Gasteiger partial charge in [-0.25, -0.2) is 0 Å². The van der Waals surface area contributed by atoms with E-state index < -0.39 is 5.92 Å². The van der Waals surface area contributed by atoms with E-state index in [1.54, 1.807) is 0 Å². The van der Waals surface area contributed by atoms with Crippen LogP contribution in [-0.2, 0) is 4.79 Å². The molecule has 0 aromatic heterocycles. The summed E-state index contributed by atoms with van der Waals surface area (Å²) in [4.78, 5) is 15.2. The van der Waals surface area contributed by atoms with Gasteiger partial charge in [0.1, 0.15) is 5.92 Å². The predicted octanol–water partition coefficient (Wildman–Crippen LogP) is 3.09. The molecule has 1 unspecified atom stereocenters. The second-order valence-electron chi connectivity index (χ2n) is 6.19. The van der Waals surface area contributed by atoms with Gasteiger partial charge in [0.05, 0.1) is 4.99 Å². The third kappa shape index (κ3) is 4.27. The van der Waals surface area contributed by atoms with Gasteiger partial charge in [-0.15, -0.1) is 0 Å². The first kappa shape index (κ1) is 16.0. The summed E-state index contributed by atoms with van der Waals surface area (Å²) in [7, 11) is 0. The minimum absolute atomic E-state index is 0.0665. The fraction of sp³-hybridized carbons (Fsp3) is 0.529. The maximum absolute atomic E-state index is 12.9. The van der Waals surface area contributed by atoms with Gasteiger partial charge in [0.2, 0.25) is 5.91 Å². The summed E-state index contributed by atoms with van der Waals surface area (Å²) >= 11 is 5.17. The highest BCUT2D eigenvalue weighted by atomic mass is 32.1. The monoisotopic (exact) mass is 304 g/mol. The summed E-state index contributed by atoms with van der Waals surface area (Å²) in [6.07, 6.45) is 3.21. The Kier molecular flexibility index (Phi) is 5.34. The van der Waals surface area contributed by atoms with Gasteiger partial charge in [0.15, 0.2) is 0 Å². The van der Waals surface area contributed by atoms with E-state index >= 15 is 0 Å². The molecule has 2 N–H and O–H groups in total. The number of benzene rings is 1. The van der Waals surface area contributed by atoms with Crippen molar-refractivity contribution in [3.8, 4) is 0 Å². The van der Waals surface area contributed by atoms with Crippen LogP contribution in [0.15, 0.2) is 30.3 Å². The van der Waals surface area contributed by atoms with Gasteiger partial charge >= 0.3 is 0 Å². The molecule has 4 heteroatoms. The van der Waals surface area contributed by atoms with Gasteiger partial charge in [-0.1, -0.05) is 56.4 Å². The van der Waals surface area contributed by atoms with Crippen LogP contribution >= 0.6 is 12.2 Å². The van der Waals surface area contributed by atoms with Gasteiger partial charge in [-0.2, -0.15) is 0 Å². The van der Waals surface area contributed by atoms with Crippen LogP contribution in [0.4, 0.5) is 0 Å². The molecular formula is C17H24N2OS. The Morgan fingerprint density at radius 1 is 1.33 bits per heavy atom. The average molecular weight is 304 g/mol. The number of rotatable bonds is 7. The normalized spacial score (nSPS) is 15.8. The van der Waals surface area contributed by atoms with Gasteiger partial charge in [-0.3, -0.25) is 4.79 Å². The fourth-order valence-electron chi connectivity index (χ4n) is 2.50. The second-order valence-corrected chi connectivity index (χ2v) is 6.66. The lowest BCUT2D eigenvalue weighted by Gasteiger charge is -2.28. The highest BCUT2D eigenvalue weighted by Gasteiger charge is 2.37. The van der Waals surface area contributed by atoms with Gasteiger partial charge < -0.3 is 10.6 Å². The zero-order chi connectivity index (χ0) is 15.4.